The molecule has 1 aromatic rings. The number of hydrogen-bond donors (Lipinski definition) is 2. The van der Waals surface area contributed by atoms with Gasteiger partial charge in [-0.15, -0.1) is 0 Å². The molecule has 126 valence electrons. The van der Waals surface area contributed by atoms with E-state index in [1.807, 2.05) is 14.0 Å². The molecule has 2 amide bonds. The van der Waals surface area contributed by atoms with Crippen molar-refractivity contribution >= 4 is 29.1 Å². The van der Waals surface area contributed by atoms with E-state index >= 15 is 0 Å². The Balaban J connectivity index is 1.85. The molecule has 1 unspecified atom stereocenters. The maximum absolute atomic E-state index is 12.3. The molecule has 7 heteroatoms. The third-order valence-corrected chi connectivity index (χ3v) is 4.29. The lowest BCUT2D eigenvalue weighted by Gasteiger charge is -2.28. The zero-order valence-electron chi connectivity index (χ0n) is 13.5. The van der Waals surface area contributed by atoms with Crippen molar-refractivity contribution in [2.24, 2.45) is 0 Å². The highest BCUT2D eigenvalue weighted by Gasteiger charge is 2.26. The van der Waals surface area contributed by atoms with Crippen LogP contribution in [0.3, 0.4) is 0 Å². The Kier molecular flexibility index (Phi) is 6.38. The summed E-state index contributed by atoms with van der Waals surface area (Å²) in [4.78, 5) is 27.2. The van der Waals surface area contributed by atoms with E-state index in [0.29, 0.717) is 37.0 Å². The smallest absolute Gasteiger partial charge is 0.282 e. The number of carbonyl (C=O) groups is 2. The van der Waals surface area contributed by atoms with E-state index in [4.69, 9.17) is 16.3 Å². The predicted octanol–water partition coefficient (Wildman–Crippen LogP) is 0.0405. The average Bonchev–Trinajstić information content (AvgIpc) is 2.56. The number of morpholine rings is 1. The van der Waals surface area contributed by atoms with Crippen LogP contribution in [0.25, 0.3) is 0 Å². The minimum Gasteiger partial charge on any atom is -0.378 e. The van der Waals surface area contributed by atoms with Crippen LogP contribution in [0, 0.1) is 0 Å². The molecule has 1 saturated heterocycles. The number of likely N-dealkylation sites (N-methyl/N-ethyl adjacent to an activating group) is 1. The third-order valence-electron chi connectivity index (χ3n) is 4.04. The summed E-state index contributed by atoms with van der Waals surface area (Å²) in [5.41, 5.74) is 0.693. The minimum atomic E-state index is -0.337. The zero-order chi connectivity index (χ0) is 16.8. The van der Waals surface area contributed by atoms with Crippen molar-refractivity contribution in [1.82, 2.24) is 4.90 Å². The molecule has 2 rings (SSSR count). The molecule has 0 aliphatic carbocycles. The van der Waals surface area contributed by atoms with Gasteiger partial charge in [0.2, 0.25) is 0 Å². The van der Waals surface area contributed by atoms with E-state index in [0.717, 1.165) is 4.90 Å². The number of rotatable bonds is 5. The lowest BCUT2D eigenvalue weighted by atomic mass is 10.2. The summed E-state index contributed by atoms with van der Waals surface area (Å²) in [6, 6.07) is 6.61. The van der Waals surface area contributed by atoms with E-state index < -0.39 is 0 Å². The van der Waals surface area contributed by atoms with Crippen LogP contribution in [-0.2, 0) is 14.3 Å². The summed E-state index contributed by atoms with van der Waals surface area (Å²) >= 11 is 5.82. The molecule has 1 aliphatic heterocycles. The lowest BCUT2D eigenvalue weighted by molar-refractivity contribution is -0.886. The van der Waals surface area contributed by atoms with E-state index in [1.54, 1.807) is 29.2 Å². The van der Waals surface area contributed by atoms with Crippen LogP contribution in [-0.4, -0.2) is 62.7 Å². The van der Waals surface area contributed by atoms with Gasteiger partial charge in [0.1, 0.15) is 0 Å². The fourth-order valence-corrected chi connectivity index (χ4v) is 2.45. The maximum Gasteiger partial charge on any atom is 0.282 e. The van der Waals surface area contributed by atoms with Crippen LogP contribution >= 0.6 is 11.6 Å². The van der Waals surface area contributed by atoms with Gasteiger partial charge in [-0.05, 0) is 31.2 Å². The molecule has 0 aromatic heterocycles. The fourth-order valence-electron chi connectivity index (χ4n) is 2.32. The summed E-state index contributed by atoms with van der Waals surface area (Å²) in [6.45, 7) is 4.51. The largest absolute Gasteiger partial charge is 0.378 e. The predicted molar refractivity (Wildman–Crippen MR) is 88.7 cm³/mol. The number of ether oxygens (including phenoxy) is 1. The van der Waals surface area contributed by atoms with E-state index in [2.05, 4.69) is 5.32 Å². The van der Waals surface area contributed by atoms with Crippen LogP contribution < -0.4 is 10.2 Å². The quantitative estimate of drug-likeness (QED) is 0.795. The SMILES string of the molecule is C[C@@H](C(=O)Nc1ccc(Cl)cc1)[NH+](C)CC(=O)N1CCOCC1. The molecule has 2 N–H and O–H groups in total. The monoisotopic (exact) mass is 340 g/mol. The second kappa shape index (κ2) is 8.29. The Bertz CT molecular complexity index is 544. The third kappa shape index (κ3) is 5.20. The first-order valence-corrected chi connectivity index (χ1v) is 8.09. The number of nitrogens with one attached hydrogen (secondary N) is 2. The topological polar surface area (TPSA) is 63.1 Å². The van der Waals surface area contributed by atoms with Crippen molar-refractivity contribution < 1.29 is 19.2 Å². The van der Waals surface area contributed by atoms with Crippen molar-refractivity contribution in [3.63, 3.8) is 0 Å². The number of benzene rings is 1. The summed E-state index contributed by atoms with van der Waals surface area (Å²) < 4.78 is 5.24. The maximum atomic E-state index is 12.3. The van der Waals surface area contributed by atoms with Crippen molar-refractivity contribution in [1.29, 1.82) is 0 Å². The van der Waals surface area contributed by atoms with Crippen LogP contribution in [0.2, 0.25) is 5.02 Å². The molecule has 2 atom stereocenters. The van der Waals surface area contributed by atoms with Crippen molar-refractivity contribution in [2.75, 3.05) is 45.2 Å². The lowest BCUT2D eigenvalue weighted by Crippen LogP contribution is -3.15. The number of anilines is 1. The molecule has 1 aromatic carbocycles. The van der Waals surface area contributed by atoms with Gasteiger partial charge in [0.05, 0.1) is 20.3 Å². The number of nitrogens with zero attached hydrogens (tertiary/aromatic N) is 1. The van der Waals surface area contributed by atoms with Gasteiger partial charge in [-0.25, -0.2) is 0 Å². The minimum absolute atomic E-state index is 0.0527. The molecule has 1 fully saturated rings. The van der Waals surface area contributed by atoms with Crippen LogP contribution in [0.15, 0.2) is 24.3 Å². The first kappa shape index (κ1) is 17.7. The number of hydrogen-bond acceptors (Lipinski definition) is 3. The van der Waals surface area contributed by atoms with Crippen molar-refractivity contribution in [3.05, 3.63) is 29.3 Å². The van der Waals surface area contributed by atoms with E-state index in [-0.39, 0.29) is 24.4 Å². The molecular weight excluding hydrogens is 318 g/mol. The fraction of sp³-hybridized carbons (Fsp3) is 0.500. The van der Waals surface area contributed by atoms with Crippen LogP contribution in [0.1, 0.15) is 6.92 Å². The summed E-state index contributed by atoms with van der Waals surface area (Å²) in [5, 5.41) is 3.46. The Morgan fingerprint density at radius 2 is 1.91 bits per heavy atom. The van der Waals surface area contributed by atoms with Gasteiger partial charge in [0.25, 0.3) is 11.8 Å². The molecule has 1 heterocycles. The van der Waals surface area contributed by atoms with Gasteiger partial charge >= 0.3 is 0 Å². The normalized spacial score (nSPS) is 17.4. The molecule has 0 saturated carbocycles. The first-order chi connectivity index (χ1) is 11.0. The highest BCUT2D eigenvalue weighted by Crippen LogP contribution is 2.13. The number of carbonyl (C=O) groups excluding carboxylic acids is 2. The second-order valence-corrected chi connectivity index (χ2v) is 6.17. The summed E-state index contributed by atoms with van der Waals surface area (Å²) in [5.74, 6) is -0.0726. The molecule has 0 bridgehead atoms. The molecule has 1 aliphatic rings. The van der Waals surface area contributed by atoms with Crippen LogP contribution in [0.4, 0.5) is 5.69 Å². The number of amides is 2. The van der Waals surface area contributed by atoms with Gasteiger partial charge in [-0.1, -0.05) is 11.6 Å². The van der Waals surface area contributed by atoms with Crippen LogP contribution in [0.5, 0.6) is 0 Å². The highest BCUT2D eigenvalue weighted by molar-refractivity contribution is 6.30. The van der Waals surface area contributed by atoms with E-state index in [9.17, 15) is 9.59 Å². The molecule has 0 spiro atoms. The first-order valence-electron chi connectivity index (χ1n) is 7.71. The average molecular weight is 341 g/mol. The summed E-state index contributed by atoms with van der Waals surface area (Å²) in [7, 11) is 1.85. The Labute approximate surface area is 141 Å². The number of halogens is 1. The van der Waals surface area contributed by atoms with Crippen molar-refractivity contribution in [3.8, 4) is 0 Å². The Hall–Kier alpha value is -1.63. The van der Waals surface area contributed by atoms with E-state index in [1.165, 1.54) is 0 Å². The Morgan fingerprint density at radius 1 is 1.30 bits per heavy atom. The van der Waals surface area contributed by atoms with Gasteiger partial charge in [0.15, 0.2) is 12.6 Å². The standard InChI is InChI=1S/C16H22ClN3O3/c1-12(16(22)18-14-5-3-13(17)4-6-14)19(2)11-15(21)20-7-9-23-10-8-20/h3-6,12H,7-11H2,1-2H3,(H,18,22)/p+1/t12-/m0/s1. The second-order valence-electron chi connectivity index (χ2n) is 5.73. The number of quaternary nitrogens is 1. The van der Waals surface area contributed by atoms with Gasteiger partial charge < -0.3 is 19.9 Å². The molecule has 6 nitrogen and oxygen atoms in total. The summed E-state index contributed by atoms with van der Waals surface area (Å²) in [6.07, 6.45) is 0. The van der Waals surface area contributed by atoms with Crippen molar-refractivity contribution in [2.45, 2.75) is 13.0 Å². The molecule has 0 radical (unpaired) electrons. The molecular formula is C16H23ClN3O3+. The molecule has 23 heavy (non-hydrogen) atoms. The highest BCUT2D eigenvalue weighted by atomic mass is 35.5. The zero-order valence-corrected chi connectivity index (χ0v) is 14.2. The van der Waals surface area contributed by atoms with Gasteiger partial charge in [-0.2, -0.15) is 0 Å². The van der Waals surface area contributed by atoms with Gasteiger partial charge in [0, 0.05) is 23.8 Å². The Morgan fingerprint density at radius 3 is 2.52 bits per heavy atom. The van der Waals surface area contributed by atoms with Gasteiger partial charge in [-0.3, -0.25) is 9.59 Å².